The van der Waals surface area contributed by atoms with Gasteiger partial charge in [-0.15, -0.1) is 0 Å². The lowest BCUT2D eigenvalue weighted by molar-refractivity contribution is 0.346. The number of hydrogen-bond acceptors (Lipinski definition) is 4. The van der Waals surface area contributed by atoms with Gasteiger partial charge >= 0.3 is 0 Å². The molecular weight excluding hydrogens is 310 g/mol. The second kappa shape index (κ2) is 7.86. The smallest absolute Gasteiger partial charge is 0.243 e. The highest BCUT2D eigenvalue weighted by molar-refractivity contribution is 7.89. The van der Waals surface area contributed by atoms with Crippen molar-refractivity contribution in [2.45, 2.75) is 31.6 Å². The van der Waals surface area contributed by atoms with Crippen LogP contribution in [-0.4, -0.2) is 37.3 Å². The summed E-state index contributed by atoms with van der Waals surface area (Å²) >= 11 is 0. The minimum atomic E-state index is -3.54. The van der Waals surface area contributed by atoms with Gasteiger partial charge in [0.15, 0.2) is 0 Å². The zero-order chi connectivity index (χ0) is 16.9. The van der Waals surface area contributed by atoms with Crippen LogP contribution in [0.2, 0.25) is 0 Å². The van der Waals surface area contributed by atoms with E-state index in [4.69, 9.17) is 5.73 Å². The van der Waals surface area contributed by atoms with Crippen molar-refractivity contribution >= 4 is 20.8 Å². The SMILES string of the molecule is CCCN(CC(C)CCN)S(=O)(=O)c1cccc2cnccc12. The number of rotatable bonds is 8. The number of nitrogens with zero attached hydrogens (tertiary/aromatic N) is 2. The van der Waals surface area contributed by atoms with Crippen molar-refractivity contribution in [1.82, 2.24) is 9.29 Å². The van der Waals surface area contributed by atoms with E-state index in [1.165, 1.54) is 0 Å². The fourth-order valence-electron chi connectivity index (χ4n) is 2.74. The largest absolute Gasteiger partial charge is 0.330 e. The van der Waals surface area contributed by atoms with Gasteiger partial charge in [0.2, 0.25) is 10.0 Å². The molecule has 0 saturated heterocycles. The fraction of sp³-hybridized carbons (Fsp3) is 0.471. The van der Waals surface area contributed by atoms with Crippen LogP contribution in [0.5, 0.6) is 0 Å². The molecule has 2 N–H and O–H groups in total. The summed E-state index contributed by atoms with van der Waals surface area (Å²) in [6.45, 7) is 5.61. The Morgan fingerprint density at radius 1 is 1.30 bits per heavy atom. The predicted octanol–water partition coefficient (Wildman–Crippen LogP) is 2.62. The molecule has 6 heteroatoms. The molecule has 0 saturated carbocycles. The third kappa shape index (κ3) is 4.07. The average Bonchev–Trinajstić information content (AvgIpc) is 2.54. The van der Waals surface area contributed by atoms with Gasteiger partial charge in [-0.05, 0) is 37.4 Å². The van der Waals surface area contributed by atoms with Crippen LogP contribution in [0.15, 0.2) is 41.6 Å². The van der Waals surface area contributed by atoms with E-state index in [9.17, 15) is 8.42 Å². The van der Waals surface area contributed by atoms with E-state index >= 15 is 0 Å². The molecule has 0 aliphatic rings. The van der Waals surface area contributed by atoms with E-state index in [-0.39, 0.29) is 5.92 Å². The van der Waals surface area contributed by atoms with Crippen molar-refractivity contribution in [2.24, 2.45) is 11.7 Å². The number of sulfonamides is 1. The molecule has 0 amide bonds. The quantitative estimate of drug-likeness (QED) is 0.804. The lowest BCUT2D eigenvalue weighted by Crippen LogP contribution is -2.36. The third-order valence-corrected chi connectivity index (χ3v) is 5.83. The van der Waals surface area contributed by atoms with Crippen molar-refractivity contribution in [3.63, 3.8) is 0 Å². The molecular formula is C17H25N3O2S. The van der Waals surface area contributed by atoms with Gasteiger partial charge in [-0.2, -0.15) is 4.31 Å². The Kier molecular flexibility index (Phi) is 6.10. The van der Waals surface area contributed by atoms with Crippen LogP contribution in [0.25, 0.3) is 10.8 Å². The lowest BCUT2D eigenvalue weighted by Gasteiger charge is -2.25. The Morgan fingerprint density at radius 2 is 2.09 bits per heavy atom. The molecule has 1 atom stereocenters. The maximum Gasteiger partial charge on any atom is 0.243 e. The van der Waals surface area contributed by atoms with Crippen LogP contribution in [0.4, 0.5) is 0 Å². The highest BCUT2D eigenvalue weighted by atomic mass is 32.2. The fourth-order valence-corrected chi connectivity index (χ4v) is 4.61. The summed E-state index contributed by atoms with van der Waals surface area (Å²) in [7, 11) is -3.54. The molecule has 1 aromatic carbocycles. The highest BCUT2D eigenvalue weighted by Gasteiger charge is 2.26. The number of aromatic nitrogens is 1. The van der Waals surface area contributed by atoms with Crippen molar-refractivity contribution in [1.29, 1.82) is 0 Å². The van der Waals surface area contributed by atoms with Gasteiger partial charge in [-0.3, -0.25) is 4.98 Å². The molecule has 1 aromatic heterocycles. The Labute approximate surface area is 138 Å². The standard InChI is InChI=1S/C17H25N3O2S/c1-3-11-20(13-14(2)7-9-18)23(21,22)17-6-4-5-15-12-19-10-8-16(15)17/h4-6,8,10,12,14H,3,7,9,11,13,18H2,1-2H3. The van der Waals surface area contributed by atoms with E-state index < -0.39 is 10.0 Å². The molecule has 126 valence electrons. The molecule has 0 radical (unpaired) electrons. The Morgan fingerprint density at radius 3 is 2.78 bits per heavy atom. The lowest BCUT2D eigenvalue weighted by atomic mass is 10.1. The Bertz CT molecular complexity index is 741. The van der Waals surface area contributed by atoms with Gasteiger partial charge in [-0.1, -0.05) is 26.0 Å². The minimum Gasteiger partial charge on any atom is -0.330 e. The highest BCUT2D eigenvalue weighted by Crippen LogP contribution is 2.26. The van der Waals surface area contributed by atoms with E-state index in [1.807, 2.05) is 19.9 Å². The van der Waals surface area contributed by atoms with Crippen molar-refractivity contribution in [3.8, 4) is 0 Å². The summed E-state index contributed by atoms with van der Waals surface area (Å²) < 4.78 is 27.9. The van der Waals surface area contributed by atoms with Crippen molar-refractivity contribution in [2.75, 3.05) is 19.6 Å². The van der Waals surface area contributed by atoms with Crippen LogP contribution in [-0.2, 0) is 10.0 Å². The monoisotopic (exact) mass is 335 g/mol. The summed E-state index contributed by atoms with van der Waals surface area (Å²) in [5.74, 6) is 0.234. The number of pyridine rings is 1. The molecule has 1 heterocycles. The molecule has 5 nitrogen and oxygen atoms in total. The second-order valence-corrected chi connectivity index (χ2v) is 7.80. The van der Waals surface area contributed by atoms with Gasteiger partial charge in [0, 0.05) is 36.3 Å². The molecule has 23 heavy (non-hydrogen) atoms. The number of hydrogen-bond donors (Lipinski definition) is 1. The number of nitrogens with two attached hydrogens (primary N) is 1. The Hall–Kier alpha value is -1.50. The predicted molar refractivity (Wildman–Crippen MR) is 93.6 cm³/mol. The zero-order valence-corrected chi connectivity index (χ0v) is 14.6. The van der Waals surface area contributed by atoms with Gasteiger partial charge in [0.25, 0.3) is 0 Å². The summed E-state index contributed by atoms with van der Waals surface area (Å²) in [6.07, 6.45) is 4.91. The molecule has 0 aliphatic heterocycles. The summed E-state index contributed by atoms with van der Waals surface area (Å²) in [5, 5.41) is 1.55. The van der Waals surface area contributed by atoms with Gasteiger partial charge in [-0.25, -0.2) is 8.42 Å². The molecule has 0 spiro atoms. The summed E-state index contributed by atoms with van der Waals surface area (Å²) in [6, 6.07) is 7.08. The molecule has 2 aromatic rings. The normalized spacial score (nSPS) is 13.6. The average molecular weight is 335 g/mol. The van der Waals surface area contributed by atoms with E-state index in [1.54, 1.807) is 34.9 Å². The van der Waals surface area contributed by atoms with Crippen LogP contribution >= 0.6 is 0 Å². The zero-order valence-electron chi connectivity index (χ0n) is 13.8. The van der Waals surface area contributed by atoms with Gasteiger partial charge < -0.3 is 5.73 Å². The van der Waals surface area contributed by atoms with Crippen molar-refractivity contribution < 1.29 is 8.42 Å². The second-order valence-electron chi connectivity index (χ2n) is 5.90. The first-order valence-corrected chi connectivity index (χ1v) is 9.47. The molecule has 0 aliphatic carbocycles. The molecule has 1 unspecified atom stereocenters. The number of benzene rings is 1. The third-order valence-electron chi connectivity index (χ3n) is 3.91. The topological polar surface area (TPSA) is 76.3 Å². The minimum absolute atomic E-state index is 0.234. The van der Waals surface area contributed by atoms with Gasteiger partial charge in [0.1, 0.15) is 0 Å². The Balaban J connectivity index is 2.43. The van der Waals surface area contributed by atoms with Crippen LogP contribution in [0.1, 0.15) is 26.7 Å². The molecule has 0 fully saturated rings. The van der Waals surface area contributed by atoms with Crippen LogP contribution < -0.4 is 5.73 Å². The summed E-state index contributed by atoms with van der Waals surface area (Å²) in [5.41, 5.74) is 5.60. The van der Waals surface area contributed by atoms with E-state index in [0.29, 0.717) is 24.5 Å². The van der Waals surface area contributed by atoms with Crippen LogP contribution in [0, 0.1) is 5.92 Å². The first-order valence-electron chi connectivity index (χ1n) is 8.03. The maximum atomic E-state index is 13.2. The first kappa shape index (κ1) is 17.8. The molecule has 0 bridgehead atoms. The molecule has 2 rings (SSSR count). The maximum absolute atomic E-state index is 13.2. The van der Waals surface area contributed by atoms with E-state index in [0.717, 1.165) is 23.6 Å². The number of fused-ring (bicyclic) bond motifs is 1. The van der Waals surface area contributed by atoms with Gasteiger partial charge in [0.05, 0.1) is 4.90 Å². The van der Waals surface area contributed by atoms with Crippen LogP contribution in [0.3, 0.4) is 0 Å². The van der Waals surface area contributed by atoms with Crippen molar-refractivity contribution in [3.05, 3.63) is 36.7 Å². The summed E-state index contributed by atoms with van der Waals surface area (Å²) in [4.78, 5) is 4.42. The van der Waals surface area contributed by atoms with E-state index in [2.05, 4.69) is 4.98 Å². The first-order chi connectivity index (χ1) is 11.0.